The Bertz CT molecular complexity index is 1240. The van der Waals surface area contributed by atoms with Gasteiger partial charge in [-0.1, -0.05) is 48.5 Å². The molecule has 1 aromatic heterocycles. The van der Waals surface area contributed by atoms with Gasteiger partial charge in [0.25, 0.3) is 5.91 Å². The van der Waals surface area contributed by atoms with Gasteiger partial charge in [-0.05, 0) is 61.1 Å². The zero-order valence-electron chi connectivity index (χ0n) is 20.2. The average molecular weight is 472 g/mol. The molecular formula is C28H33N5O2. The number of carbonyl (C=O) groups is 1. The van der Waals surface area contributed by atoms with Crippen molar-refractivity contribution in [3.63, 3.8) is 0 Å². The highest BCUT2D eigenvalue weighted by atomic mass is 16.3. The van der Waals surface area contributed by atoms with Crippen molar-refractivity contribution in [1.29, 1.82) is 10.8 Å². The Morgan fingerprint density at radius 3 is 2.46 bits per heavy atom. The van der Waals surface area contributed by atoms with Crippen LogP contribution in [0.15, 0.2) is 72.9 Å². The number of benzene rings is 2. The van der Waals surface area contributed by atoms with Crippen LogP contribution in [-0.4, -0.2) is 45.4 Å². The molecule has 0 bridgehead atoms. The van der Waals surface area contributed by atoms with Crippen LogP contribution in [0, 0.1) is 10.8 Å². The summed E-state index contributed by atoms with van der Waals surface area (Å²) in [7, 11) is 1.76. The molecule has 35 heavy (non-hydrogen) atoms. The fourth-order valence-corrected chi connectivity index (χ4v) is 4.69. The minimum Gasteiger partial charge on any atom is -0.387 e. The number of hydrogen-bond acceptors (Lipinski definition) is 5. The molecule has 0 spiro atoms. The number of pyridine rings is 1. The van der Waals surface area contributed by atoms with Crippen molar-refractivity contribution in [2.24, 2.45) is 0 Å². The molecular weight excluding hydrogens is 438 g/mol. The van der Waals surface area contributed by atoms with Crippen molar-refractivity contribution in [2.75, 3.05) is 7.05 Å². The van der Waals surface area contributed by atoms with Crippen molar-refractivity contribution in [2.45, 2.75) is 50.9 Å². The average Bonchev–Trinajstić information content (AvgIpc) is 3.33. The smallest absolute Gasteiger partial charge is 0.253 e. The van der Waals surface area contributed by atoms with Crippen LogP contribution in [0.5, 0.6) is 0 Å². The highest BCUT2D eigenvalue weighted by Gasteiger charge is 2.29. The van der Waals surface area contributed by atoms with Crippen LogP contribution in [0.4, 0.5) is 0 Å². The third-order valence-electron chi connectivity index (χ3n) is 6.62. The van der Waals surface area contributed by atoms with Gasteiger partial charge in [0, 0.05) is 37.4 Å². The van der Waals surface area contributed by atoms with E-state index in [0.717, 1.165) is 36.0 Å². The number of hydrogen-bond donors (Lipinski definition) is 4. The summed E-state index contributed by atoms with van der Waals surface area (Å²) in [6.07, 6.45) is 4.01. The number of aromatic nitrogens is 1. The summed E-state index contributed by atoms with van der Waals surface area (Å²) in [4.78, 5) is 14.6. The van der Waals surface area contributed by atoms with E-state index in [2.05, 4.69) is 5.32 Å². The van der Waals surface area contributed by atoms with Gasteiger partial charge < -0.3 is 15.3 Å². The zero-order chi connectivity index (χ0) is 24.9. The molecule has 1 unspecified atom stereocenters. The molecule has 1 fully saturated rings. The molecule has 1 aliphatic heterocycles. The molecule has 3 aromatic rings. The van der Waals surface area contributed by atoms with Gasteiger partial charge in [0.05, 0.1) is 6.10 Å². The molecule has 1 aliphatic rings. The second-order valence-electron chi connectivity index (χ2n) is 9.34. The number of aliphatic hydroxyl groups is 1. The quantitative estimate of drug-likeness (QED) is 0.313. The largest absolute Gasteiger partial charge is 0.387 e. The minimum absolute atomic E-state index is 0.0520. The number of amides is 1. The van der Waals surface area contributed by atoms with Crippen molar-refractivity contribution in [3.05, 3.63) is 101 Å². The van der Waals surface area contributed by atoms with Crippen molar-refractivity contribution < 1.29 is 9.90 Å². The lowest BCUT2D eigenvalue weighted by atomic mass is 10.0. The molecule has 4 N–H and O–H groups in total. The van der Waals surface area contributed by atoms with Crippen LogP contribution >= 0.6 is 0 Å². The van der Waals surface area contributed by atoms with Crippen molar-refractivity contribution in [3.8, 4) is 0 Å². The van der Waals surface area contributed by atoms with Gasteiger partial charge in [0.15, 0.2) is 0 Å². The lowest BCUT2D eigenvalue weighted by molar-refractivity contribution is 0.0785. The van der Waals surface area contributed by atoms with E-state index in [1.54, 1.807) is 31.1 Å². The van der Waals surface area contributed by atoms with Gasteiger partial charge in [-0.2, -0.15) is 0 Å². The lowest BCUT2D eigenvalue weighted by Gasteiger charge is -2.21. The van der Waals surface area contributed by atoms with Gasteiger partial charge in [0.2, 0.25) is 0 Å². The fourth-order valence-electron chi connectivity index (χ4n) is 4.69. The van der Waals surface area contributed by atoms with Crippen LogP contribution in [0.1, 0.15) is 52.9 Å². The second kappa shape index (κ2) is 10.8. The minimum atomic E-state index is -0.508. The maximum atomic E-state index is 12.9. The summed E-state index contributed by atoms with van der Waals surface area (Å²) in [5.74, 6) is 0.189. The highest BCUT2D eigenvalue weighted by Crippen LogP contribution is 2.26. The van der Waals surface area contributed by atoms with Gasteiger partial charge >= 0.3 is 0 Å². The molecule has 7 heteroatoms. The van der Waals surface area contributed by atoms with Gasteiger partial charge in [0.1, 0.15) is 11.3 Å². The standard InChI is InChI=1S/C28H33N5O2/c1-19(29)33-18-21(10-15-26(33)30)17-32(2)28(35)23-11-8-20(9-12-23)16-24-13-14-25(31-24)27(34)22-6-4-3-5-7-22/h3-12,15,18,24-25,27,29-31,34H,13-14,16-17H2,1-2H3/t24-,25+,27?/m0/s1. The van der Waals surface area contributed by atoms with Gasteiger partial charge in [-0.15, -0.1) is 0 Å². The third kappa shape index (κ3) is 5.93. The Balaban J connectivity index is 1.33. The van der Waals surface area contributed by atoms with E-state index in [1.165, 1.54) is 4.57 Å². The predicted molar refractivity (Wildman–Crippen MR) is 136 cm³/mol. The molecule has 4 rings (SSSR count). The third-order valence-corrected chi connectivity index (χ3v) is 6.62. The van der Waals surface area contributed by atoms with Crippen LogP contribution in [0.25, 0.3) is 0 Å². The SMILES string of the molecule is CC(=N)n1cc(CN(C)C(=O)c2ccc(C[C@@H]3CC[C@H](C(O)c4ccccc4)N3)cc2)ccc1=N. The van der Waals surface area contributed by atoms with Crippen molar-refractivity contribution in [1.82, 2.24) is 14.8 Å². The monoisotopic (exact) mass is 471 g/mol. The van der Waals surface area contributed by atoms with E-state index in [-0.39, 0.29) is 23.3 Å². The van der Waals surface area contributed by atoms with Crippen LogP contribution in [0.3, 0.4) is 0 Å². The van der Waals surface area contributed by atoms with E-state index < -0.39 is 6.10 Å². The Morgan fingerprint density at radius 2 is 1.77 bits per heavy atom. The second-order valence-corrected chi connectivity index (χ2v) is 9.34. The molecule has 1 saturated heterocycles. The maximum Gasteiger partial charge on any atom is 0.253 e. The Morgan fingerprint density at radius 1 is 1.09 bits per heavy atom. The summed E-state index contributed by atoms with van der Waals surface area (Å²) in [6, 6.07) is 21.3. The predicted octanol–water partition coefficient (Wildman–Crippen LogP) is 3.48. The van der Waals surface area contributed by atoms with E-state index in [1.807, 2.05) is 60.7 Å². The number of rotatable bonds is 7. The maximum absolute atomic E-state index is 12.9. The van der Waals surface area contributed by atoms with Gasteiger partial charge in [-0.3, -0.25) is 20.2 Å². The fraction of sp³-hybridized carbons (Fsp3) is 0.321. The van der Waals surface area contributed by atoms with Crippen LogP contribution in [0.2, 0.25) is 0 Å². The summed E-state index contributed by atoms with van der Waals surface area (Å²) >= 11 is 0. The first-order valence-electron chi connectivity index (χ1n) is 12.0. The Hall–Kier alpha value is -3.55. The number of nitrogens with zero attached hydrogens (tertiary/aromatic N) is 2. The molecule has 182 valence electrons. The first kappa shape index (κ1) is 24.6. The summed E-state index contributed by atoms with van der Waals surface area (Å²) in [5.41, 5.74) is 3.82. The van der Waals surface area contributed by atoms with E-state index in [4.69, 9.17) is 10.8 Å². The highest BCUT2D eigenvalue weighted by molar-refractivity contribution is 5.94. The molecule has 7 nitrogen and oxygen atoms in total. The Kier molecular flexibility index (Phi) is 7.58. The number of carbonyl (C=O) groups excluding carboxylic acids is 1. The van der Waals surface area contributed by atoms with E-state index in [0.29, 0.717) is 18.2 Å². The number of aliphatic hydroxyl groups excluding tert-OH is 1. The van der Waals surface area contributed by atoms with E-state index in [9.17, 15) is 9.90 Å². The molecule has 1 amide bonds. The van der Waals surface area contributed by atoms with Crippen LogP contribution in [-0.2, 0) is 13.0 Å². The van der Waals surface area contributed by atoms with Crippen LogP contribution < -0.4 is 10.8 Å². The van der Waals surface area contributed by atoms with Gasteiger partial charge in [-0.25, -0.2) is 0 Å². The molecule has 3 atom stereocenters. The first-order valence-corrected chi connectivity index (χ1v) is 12.0. The molecule has 0 radical (unpaired) electrons. The summed E-state index contributed by atoms with van der Waals surface area (Å²) in [6.45, 7) is 2.02. The summed E-state index contributed by atoms with van der Waals surface area (Å²) in [5, 5.41) is 30.0. The molecule has 2 heterocycles. The van der Waals surface area contributed by atoms with Crippen molar-refractivity contribution >= 4 is 11.7 Å². The Labute approximate surface area is 206 Å². The zero-order valence-corrected chi connectivity index (χ0v) is 20.2. The van der Waals surface area contributed by atoms with E-state index >= 15 is 0 Å². The normalized spacial score (nSPS) is 18.3. The number of nitrogens with one attached hydrogen (secondary N) is 3. The first-order chi connectivity index (χ1) is 16.8. The summed E-state index contributed by atoms with van der Waals surface area (Å²) < 4.78 is 1.49. The molecule has 0 aliphatic carbocycles. The topological polar surface area (TPSA) is 105 Å². The molecule has 0 saturated carbocycles. The molecule has 2 aromatic carbocycles. The lowest BCUT2D eigenvalue weighted by Crippen LogP contribution is -2.35.